The van der Waals surface area contributed by atoms with Crippen LogP contribution >= 0.6 is 0 Å². The molecule has 0 aliphatic carbocycles. The summed E-state index contributed by atoms with van der Waals surface area (Å²) in [6.45, 7) is 12.7. The van der Waals surface area contributed by atoms with E-state index in [2.05, 4.69) is 49.2 Å². The molecule has 1 saturated heterocycles. The van der Waals surface area contributed by atoms with E-state index in [-0.39, 0.29) is 5.41 Å². The van der Waals surface area contributed by atoms with E-state index in [0.29, 0.717) is 12.6 Å². The molecule has 1 heterocycles. The quantitative estimate of drug-likeness (QED) is 0.906. The Bertz CT molecular complexity index is 411. The number of anilines is 1. The molecule has 3 heteroatoms. The molecule has 1 unspecified atom stereocenters. The van der Waals surface area contributed by atoms with Crippen LogP contribution in [0.4, 0.5) is 5.69 Å². The van der Waals surface area contributed by atoms with E-state index < -0.39 is 0 Å². The molecule has 0 radical (unpaired) electrons. The smallest absolute Gasteiger partial charge is 0.142 e. The van der Waals surface area contributed by atoms with Crippen LogP contribution in [0.1, 0.15) is 27.7 Å². The summed E-state index contributed by atoms with van der Waals surface area (Å²) in [7, 11) is 0. The zero-order valence-corrected chi connectivity index (χ0v) is 12.6. The summed E-state index contributed by atoms with van der Waals surface area (Å²) in [6, 6.07) is 8.86. The summed E-state index contributed by atoms with van der Waals surface area (Å²) < 4.78 is 5.75. The van der Waals surface area contributed by atoms with E-state index >= 15 is 0 Å². The van der Waals surface area contributed by atoms with Crippen LogP contribution in [-0.2, 0) is 0 Å². The number of hydrogen-bond acceptors (Lipinski definition) is 3. The van der Waals surface area contributed by atoms with E-state index in [1.165, 1.54) is 5.69 Å². The molecule has 2 rings (SSSR count). The molecule has 1 N–H and O–H groups in total. The number of nitrogens with one attached hydrogen (secondary N) is 1. The molecule has 1 aromatic carbocycles. The van der Waals surface area contributed by atoms with Crippen molar-refractivity contribution in [1.29, 1.82) is 0 Å². The minimum atomic E-state index is 0.277. The largest absolute Gasteiger partial charge is 0.492 e. The van der Waals surface area contributed by atoms with Crippen molar-refractivity contribution in [3.8, 4) is 5.75 Å². The molecule has 0 saturated carbocycles. The van der Waals surface area contributed by atoms with Gasteiger partial charge >= 0.3 is 0 Å². The summed E-state index contributed by atoms with van der Waals surface area (Å²) in [6.07, 6.45) is 0. The third kappa shape index (κ3) is 3.41. The van der Waals surface area contributed by atoms with Crippen LogP contribution in [0.2, 0.25) is 0 Å². The molecule has 0 bridgehead atoms. The van der Waals surface area contributed by atoms with Crippen LogP contribution < -0.4 is 15.0 Å². The van der Waals surface area contributed by atoms with Crippen LogP contribution in [0.5, 0.6) is 5.75 Å². The van der Waals surface area contributed by atoms with Crippen molar-refractivity contribution < 1.29 is 4.74 Å². The molecule has 3 nitrogen and oxygen atoms in total. The van der Waals surface area contributed by atoms with Gasteiger partial charge in [0, 0.05) is 25.7 Å². The summed E-state index contributed by atoms with van der Waals surface area (Å²) in [5.41, 5.74) is 1.50. The maximum absolute atomic E-state index is 5.75. The molecule has 1 aliphatic heterocycles. The van der Waals surface area contributed by atoms with Crippen LogP contribution in [-0.4, -0.2) is 32.3 Å². The van der Waals surface area contributed by atoms with Gasteiger partial charge in [-0.25, -0.2) is 0 Å². The summed E-state index contributed by atoms with van der Waals surface area (Å²) in [5, 5.41) is 3.63. The third-order valence-corrected chi connectivity index (χ3v) is 3.73. The lowest BCUT2D eigenvalue weighted by Crippen LogP contribution is -2.56. The summed E-state index contributed by atoms with van der Waals surface area (Å²) in [4.78, 5) is 2.44. The maximum Gasteiger partial charge on any atom is 0.142 e. The minimum Gasteiger partial charge on any atom is -0.492 e. The standard InChI is InChI=1S/C16H26N2O/c1-5-19-14-9-7-6-8-13(14)18-11-10-17-15(12-18)16(2,3)4/h6-9,15,17H,5,10-12H2,1-4H3. The first-order valence-electron chi connectivity index (χ1n) is 7.22. The van der Waals surface area contributed by atoms with Gasteiger partial charge in [-0.2, -0.15) is 0 Å². The average Bonchev–Trinajstić information content (AvgIpc) is 2.39. The molecule has 0 amide bonds. The number of piperazine rings is 1. The van der Waals surface area contributed by atoms with Gasteiger partial charge in [-0.15, -0.1) is 0 Å². The fraction of sp³-hybridized carbons (Fsp3) is 0.625. The van der Waals surface area contributed by atoms with Gasteiger partial charge < -0.3 is 15.0 Å². The summed E-state index contributed by atoms with van der Waals surface area (Å²) >= 11 is 0. The second-order valence-electron chi connectivity index (χ2n) is 6.22. The molecule has 1 fully saturated rings. The number of nitrogens with zero attached hydrogens (tertiary/aromatic N) is 1. The van der Waals surface area contributed by atoms with E-state index in [0.717, 1.165) is 25.4 Å². The van der Waals surface area contributed by atoms with Gasteiger partial charge in [-0.3, -0.25) is 0 Å². The van der Waals surface area contributed by atoms with E-state index in [4.69, 9.17) is 4.74 Å². The predicted molar refractivity (Wildman–Crippen MR) is 81.1 cm³/mol. The van der Waals surface area contributed by atoms with E-state index in [9.17, 15) is 0 Å². The first-order chi connectivity index (χ1) is 9.02. The molecule has 0 spiro atoms. The van der Waals surface area contributed by atoms with Crippen LogP contribution in [0.25, 0.3) is 0 Å². The third-order valence-electron chi connectivity index (χ3n) is 3.73. The monoisotopic (exact) mass is 262 g/mol. The summed E-state index contributed by atoms with van der Waals surface area (Å²) in [5.74, 6) is 1.000. The number of ether oxygens (including phenoxy) is 1. The van der Waals surface area contributed by atoms with Crippen molar-refractivity contribution >= 4 is 5.69 Å². The fourth-order valence-electron chi connectivity index (χ4n) is 2.54. The van der Waals surface area contributed by atoms with Crippen molar-refractivity contribution in [1.82, 2.24) is 5.32 Å². The van der Waals surface area contributed by atoms with Crippen molar-refractivity contribution in [2.24, 2.45) is 5.41 Å². The predicted octanol–water partition coefficient (Wildman–Crippen LogP) is 2.91. The lowest BCUT2D eigenvalue weighted by Gasteiger charge is -2.41. The lowest BCUT2D eigenvalue weighted by molar-refractivity contribution is 0.252. The van der Waals surface area contributed by atoms with Gasteiger partial charge in [-0.05, 0) is 24.5 Å². The second-order valence-corrected chi connectivity index (χ2v) is 6.22. The first-order valence-corrected chi connectivity index (χ1v) is 7.22. The molecule has 106 valence electrons. The molecule has 0 aromatic heterocycles. The second kappa shape index (κ2) is 5.83. The Morgan fingerprint density at radius 3 is 2.74 bits per heavy atom. The average molecular weight is 262 g/mol. The topological polar surface area (TPSA) is 24.5 Å². The highest BCUT2D eigenvalue weighted by Gasteiger charge is 2.30. The lowest BCUT2D eigenvalue weighted by atomic mass is 9.85. The van der Waals surface area contributed by atoms with Crippen molar-refractivity contribution in [2.45, 2.75) is 33.7 Å². The first kappa shape index (κ1) is 14.2. The Hall–Kier alpha value is -1.22. The van der Waals surface area contributed by atoms with Gasteiger partial charge in [0.15, 0.2) is 0 Å². The Balaban J connectivity index is 2.17. The highest BCUT2D eigenvalue weighted by atomic mass is 16.5. The number of rotatable bonds is 3. The minimum absolute atomic E-state index is 0.277. The van der Waals surface area contributed by atoms with Crippen molar-refractivity contribution in [3.63, 3.8) is 0 Å². The fourth-order valence-corrected chi connectivity index (χ4v) is 2.54. The van der Waals surface area contributed by atoms with Crippen LogP contribution in [0.15, 0.2) is 24.3 Å². The highest BCUT2D eigenvalue weighted by Crippen LogP contribution is 2.31. The molecule has 1 aromatic rings. The van der Waals surface area contributed by atoms with Gasteiger partial charge in [0.25, 0.3) is 0 Å². The number of benzene rings is 1. The van der Waals surface area contributed by atoms with Crippen molar-refractivity contribution in [3.05, 3.63) is 24.3 Å². The Labute approximate surface area is 116 Å². The molecule has 19 heavy (non-hydrogen) atoms. The zero-order chi connectivity index (χ0) is 13.9. The Kier molecular flexibility index (Phi) is 4.35. The highest BCUT2D eigenvalue weighted by molar-refractivity contribution is 5.58. The van der Waals surface area contributed by atoms with E-state index in [1.807, 2.05) is 13.0 Å². The van der Waals surface area contributed by atoms with Gasteiger partial charge in [0.1, 0.15) is 5.75 Å². The molecule has 1 aliphatic rings. The molecular formula is C16H26N2O. The Morgan fingerprint density at radius 1 is 1.32 bits per heavy atom. The SMILES string of the molecule is CCOc1ccccc1N1CCNC(C(C)(C)C)C1. The zero-order valence-electron chi connectivity index (χ0n) is 12.6. The van der Waals surface area contributed by atoms with Gasteiger partial charge in [0.05, 0.1) is 12.3 Å². The Morgan fingerprint density at radius 2 is 2.05 bits per heavy atom. The van der Waals surface area contributed by atoms with Gasteiger partial charge in [0.2, 0.25) is 0 Å². The van der Waals surface area contributed by atoms with E-state index in [1.54, 1.807) is 0 Å². The molecular weight excluding hydrogens is 236 g/mol. The van der Waals surface area contributed by atoms with Crippen molar-refractivity contribution in [2.75, 3.05) is 31.1 Å². The number of para-hydroxylation sites is 2. The van der Waals surface area contributed by atoms with Crippen LogP contribution in [0.3, 0.4) is 0 Å². The van der Waals surface area contributed by atoms with Gasteiger partial charge in [-0.1, -0.05) is 32.9 Å². The normalized spacial score (nSPS) is 20.4. The number of hydrogen-bond donors (Lipinski definition) is 1. The van der Waals surface area contributed by atoms with Crippen LogP contribution in [0, 0.1) is 5.41 Å². The molecule has 1 atom stereocenters. The maximum atomic E-state index is 5.75.